The maximum atomic E-state index is 11.8. The standard InChI is InChI=1S/C13H12ClNO4/c1-17-9-4-3-8(7-11(9)18-2)15-13(16)10-5-6-12(14)19-10/h3-7H,1-2H3,(H,15,16). The predicted molar refractivity (Wildman–Crippen MR) is 71.2 cm³/mol. The summed E-state index contributed by atoms with van der Waals surface area (Å²) in [5.74, 6) is 0.859. The van der Waals surface area contributed by atoms with Gasteiger partial charge in [0.25, 0.3) is 5.91 Å². The molecule has 0 radical (unpaired) electrons. The molecule has 1 N–H and O–H groups in total. The zero-order chi connectivity index (χ0) is 13.8. The lowest BCUT2D eigenvalue weighted by molar-refractivity contribution is 0.0997. The highest BCUT2D eigenvalue weighted by Gasteiger charge is 2.12. The van der Waals surface area contributed by atoms with E-state index in [9.17, 15) is 4.79 Å². The van der Waals surface area contributed by atoms with Gasteiger partial charge in [-0.2, -0.15) is 0 Å². The number of rotatable bonds is 4. The maximum absolute atomic E-state index is 11.8. The number of amides is 1. The number of hydrogen-bond acceptors (Lipinski definition) is 4. The molecule has 100 valence electrons. The first-order chi connectivity index (χ1) is 9.13. The Kier molecular flexibility index (Phi) is 3.97. The Morgan fingerprint density at radius 1 is 1.16 bits per heavy atom. The molecule has 0 aliphatic carbocycles. The lowest BCUT2D eigenvalue weighted by atomic mass is 10.2. The molecule has 19 heavy (non-hydrogen) atoms. The van der Waals surface area contributed by atoms with Crippen LogP contribution in [0.3, 0.4) is 0 Å². The van der Waals surface area contributed by atoms with E-state index in [2.05, 4.69) is 5.32 Å². The van der Waals surface area contributed by atoms with Crippen molar-refractivity contribution in [1.29, 1.82) is 0 Å². The zero-order valence-corrected chi connectivity index (χ0v) is 11.2. The van der Waals surface area contributed by atoms with Crippen LogP contribution in [0.4, 0.5) is 5.69 Å². The molecule has 0 aliphatic rings. The predicted octanol–water partition coefficient (Wildman–Crippen LogP) is 3.20. The van der Waals surface area contributed by atoms with Crippen molar-refractivity contribution >= 4 is 23.2 Å². The number of methoxy groups -OCH3 is 2. The number of benzene rings is 1. The number of halogens is 1. The van der Waals surface area contributed by atoms with Gasteiger partial charge in [0.05, 0.1) is 14.2 Å². The molecule has 6 heteroatoms. The summed E-state index contributed by atoms with van der Waals surface area (Å²) in [7, 11) is 3.07. The fourth-order valence-corrected chi connectivity index (χ4v) is 1.69. The summed E-state index contributed by atoms with van der Waals surface area (Å²) in [6.45, 7) is 0. The Labute approximate surface area is 115 Å². The molecule has 0 atom stereocenters. The van der Waals surface area contributed by atoms with E-state index >= 15 is 0 Å². The van der Waals surface area contributed by atoms with E-state index in [0.29, 0.717) is 17.2 Å². The van der Waals surface area contributed by atoms with Crippen LogP contribution >= 0.6 is 11.6 Å². The zero-order valence-electron chi connectivity index (χ0n) is 10.4. The first-order valence-electron chi connectivity index (χ1n) is 5.42. The van der Waals surface area contributed by atoms with Crippen LogP contribution in [0.25, 0.3) is 0 Å². The van der Waals surface area contributed by atoms with Gasteiger partial charge in [-0.15, -0.1) is 0 Å². The number of ether oxygens (including phenoxy) is 2. The molecule has 1 amide bonds. The van der Waals surface area contributed by atoms with Crippen molar-refractivity contribution in [3.63, 3.8) is 0 Å². The molecular weight excluding hydrogens is 270 g/mol. The Hall–Kier alpha value is -2.14. The van der Waals surface area contributed by atoms with Crippen LogP contribution in [0.2, 0.25) is 5.22 Å². The summed E-state index contributed by atoms with van der Waals surface area (Å²) in [4.78, 5) is 11.8. The topological polar surface area (TPSA) is 60.7 Å². The molecule has 0 saturated carbocycles. The lowest BCUT2D eigenvalue weighted by Crippen LogP contribution is -2.10. The van der Waals surface area contributed by atoms with E-state index in [4.69, 9.17) is 25.5 Å². The van der Waals surface area contributed by atoms with E-state index < -0.39 is 0 Å². The highest BCUT2D eigenvalue weighted by atomic mass is 35.5. The second kappa shape index (κ2) is 5.67. The first-order valence-corrected chi connectivity index (χ1v) is 5.80. The Morgan fingerprint density at radius 2 is 1.89 bits per heavy atom. The number of carbonyl (C=O) groups excluding carboxylic acids is 1. The fourth-order valence-electron chi connectivity index (χ4n) is 1.54. The second-order valence-corrected chi connectivity index (χ2v) is 4.00. The second-order valence-electron chi connectivity index (χ2n) is 3.63. The lowest BCUT2D eigenvalue weighted by Gasteiger charge is -2.09. The van der Waals surface area contributed by atoms with Crippen molar-refractivity contribution in [2.75, 3.05) is 19.5 Å². The molecule has 0 spiro atoms. The molecule has 0 saturated heterocycles. The van der Waals surface area contributed by atoms with Crippen molar-refractivity contribution in [3.05, 3.63) is 41.3 Å². The van der Waals surface area contributed by atoms with Crippen LogP contribution < -0.4 is 14.8 Å². The van der Waals surface area contributed by atoms with Gasteiger partial charge in [0.15, 0.2) is 22.5 Å². The number of carbonyl (C=O) groups is 1. The highest BCUT2D eigenvalue weighted by Crippen LogP contribution is 2.30. The van der Waals surface area contributed by atoms with Crippen LogP contribution in [0.15, 0.2) is 34.7 Å². The van der Waals surface area contributed by atoms with Gasteiger partial charge in [0.2, 0.25) is 0 Å². The third-order valence-corrected chi connectivity index (χ3v) is 2.64. The van der Waals surface area contributed by atoms with Crippen LogP contribution in [-0.2, 0) is 0 Å². The quantitative estimate of drug-likeness (QED) is 0.935. The third kappa shape index (κ3) is 3.00. The summed E-state index contributed by atoms with van der Waals surface area (Å²) < 4.78 is 15.3. The van der Waals surface area contributed by atoms with Crippen molar-refractivity contribution in [2.24, 2.45) is 0 Å². The Bertz CT molecular complexity index is 594. The van der Waals surface area contributed by atoms with Gasteiger partial charge in [-0.1, -0.05) is 0 Å². The molecule has 0 aliphatic heterocycles. The summed E-state index contributed by atoms with van der Waals surface area (Å²) in [6, 6.07) is 8.05. The van der Waals surface area contributed by atoms with Crippen molar-refractivity contribution < 1.29 is 18.7 Å². The highest BCUT2D eigenvalue weighted by molar-refractivity contribution is 6.29. The van der Waals surface area contributed by atoms with Crippen LogP contribution in [0.1, 0.15) is 10.6 Å². The molecule has 1 heterocycles. The Morgan fingerprint density at radius 3 is 2.47 bits per heavy atom. The van der Waals surface area contributed by atoms with Gasteiger partial charge in [0, 0.05) is 11.8 Å². The minimum atomic E-state index is -0.390. The molecule has 5 nitrogen and oxygen atoms in total. The van der Waals surface area contributed by atoms with E-state index in [1.54, 1.807) is 25.3 Å². The minimum Gasteiger partial charge on any atom is -0.493 e. The van der Waals surface area contributed by atoms with E-state index in [1.165, 1.54) is 19.2 Å². The van der Waals surface area contributed by atoms with E-state index in [-0.39, 0.29) is 16.9 Å². The van der Waals surface area contributed by atoms with Gasteiger partial charge < -0.3 is 19.2 Å². The first kappa shape index (κ1) is 13.3. The normalized spacial score (nSPS) is 10.1. The number of nitrogens with one attached hydrogen (secondary N) is 1. The van der Waals surface area contributed by atoms with Gasteiger partial charge in [0.1, 0.15) is 0 Å². The summed E-state index contributed by atoms with van der Waals surface area (Å²) in [6.07, 6.45) is 0. The summed E-state index contributed by atoms with van der Waals surface area (Å²) in [5.41, 5.74) is 0.565. The molecule has 2 rings (SSSR count). The SMILES string of the molecule is COc1ccc(NC(=O)c2ccc(Cl)o2)cc1OC. The van der Waals surface area contributed by atoms with Crippen molar-refractivity contribution in [3.8, 4) is 11.5 Å². The minimum absolute atomic E-state index is 0.139. The monoisotopic (exact) mass is 281 g/mol. The average molecular weight is 282 g/mol. The van der Waals surface area contributed by atoms with Crippen molar-refractivity contribution in [2.45, 2.75) is 0 Å². The number of anilines is 1. The fraction of sp³-hybridized carbons (Fsp3) is 0.154. The van der Waals surface area contributed by atoms with Gasteiger partial charge in [-0.3, -0.25) is 4.79 Å². The number of hydrogen-bond donors (Lipinski definition) is 1. The molecule has 0 bridgehead atoms. The van der Waals surface area contributed by atoms with E-state index in [1.807, 2.05) is 0 Å². The number of furan rings is 1. The van der Waals surface area contributed by atoms with Crippen molar-refractivity contribution in [1.82, 2.24) is 0 Å². The Balaban J connectivity index is 2.17. The van der Waals surface area contributed by atoms with Gasteiger partial charge in [-0.05, 0) is 35.9 Å². The third-order valence-electron chi connectivity index (χ3n) is 2.44. The summed E-state index contributed by atoms with van der Waals surface area (Å²) in [5, 5.41) is 2.83. The van der Waals surface area contributed by atoms with Gasteiger partial charge >= 0.3 is 0 Å². The largest absolute Gasteiger partial charge is 0.493 e. The molecule has 0 fully saturated rings. The molecule has 2 aromatic rings. The van der Waals surface area contributed by atoms with Crippen LogP contribution in [0, 0.1) is 0 Å². The maximum Gasteiger partial charge on any atom is 0.291 e. The van der Waals surface area contributed by atoms with Crippen LogP contribution in [0.5, 0.6) is 11.5 Å². The van der Waals surface area contributed by atoms with Crippen LogP contribution in [-0.4, -0.2) is 20.1 Å². The molecule has 0 unspecified atom stereocenters. The molecular formula is C13H12ClNO4. The van der Waals surface area contributed by atoms with Gasteiger partial charge in [-0.25, -0.2) is 0 Å². The smallest absolute Gasteiger partial charge is 0.291 e. The van der Waals surface area contributed by atoms with E-state index in [0.717, 1.165) is 0 Å². The molecule has 1 aromatic carbocycles. The summed E-state index contributed by atoms with van der Waals surface area (Å²) >= 11 is 5.61. The average Bonchev–Trinajstić information content (AvgIpc) is 2.85. The molecule has 1 aromatic heterocycles.